The van der Waals surface area contributed by atoms with Crippen molar-refractivity contribution in [3.05, 3.63) is 51.9 Å². The summed E-state index contributed by atoms with van der Waals surface area (Å²) in [5, 5.41) is 1.73. The number of allylic oxidation sites excluding steroid dienone is 5. The summed E-state index contributed by atoms with van der Waals surface area (Å²) in [7, 11) is 1.57. The molecule has 4 rings (SSSR count). The maximum absolute atomic E-state index is 13.0. The van der Waals surface area contributed by atoms with Gasteiger partial charge in [0.15, 0.2) is 5.76 Å². The molecule has 0 radical (unpaired) electrons. The van der Waals surface area contributed by atoms with Crippen LogP contribution in [0.4, 0.5) is 19.0 Å². The standard InChI is InChI=1S/C23H24F3N3O/c1-3-28-10-12-29(13-11-28)22-20-9-8-19(30-2)14-17(20)15-21(27-22)16-4-6-18(7-5-16)23(24,25)26/h4-6,14-15,18H,3,7,10-13H2,1-2H3. The fraction of sp³-hybridized carbons (Fsp3) is 0.435. The van der Waals surface area contributed by atoms with Crippen LogP contribution in [0, 0.1) is 5.92 Å². The summed E-state index contributed by atoms with van der Waals surface area (Å²) >= 11 is 0. The Labute approximate surface area is 173 Å². The second-order valence-corrected chi connectivity index (χ2v) is 7.58. The van der Waals surface area contributed by atoms with E-state index in [0.717, 1.165) is 49.0 Å². The zero-order valence-electron chi connectivity index (χ0n) is 17.1. The van der Waals surface area contributed by atoms with Gasteiger partial charge in [-0.15, -0.1) is 0 Å². The number of hydrogen-bond acceptors (Lipinski definition) is 4. The van der Waals surface area contributed by atoms with Gasteiger partial charge in [0.2, 0.25) is 0 Å². The van der Waals surface area contributed by atoms with Crippen molar-refractivity contribution < 1.29 is 17.9 Å². The molecule has 1 aromatic rings. The van der Waals surface area contributed by atoms with Gasteiger partial charge < -0.3 is 14.5 Å². The van der Waals surface area contributed by atoms with Gasteiger partial charge in [0.1, 0.15) is 5.82 Å². The van der Waals surface area contributed by atoms with E-state index >= 15 is 0 Å². The Bertz CT molecular complexity index is 1080. The lowest BCUT2D eigenvalue weighted by Crippen LogP contribution is -2.49. The SMILES string of the molecule is CCN1CCN(c2nc(C3=CCC(C(F)(F)F)C=C3)cc3c2=C=C=C(OC)C=3)CC1. The first-order valence-electron chi connectivity index (χ1n) is 10.1. The number of nitrogens with zero attached hydrogens (tertiary/aromatic N) is 3. The first-order valence-corrected chi connectivity index (χ1v) is 10.1. The van der Waals surface area contributed by atoms with Crippen LogP contribution in [0.1, 0.15) is 19.0 Å². The Kier molecular flexibility index (Phi) is 5.61. The number of ether oxygens (including phenoxy) is 1. The molecule has 0 N–H and O–H groups in total. The van der Waals surface area contributed by atoms with Crippen molar-refractivity contribution in [3.63, 3.8) is 0 Å². The van der Waals surface area contributed by atoms with E-state index in [4.69, 9.17) is 9.72 Å². The average molecular weight is 415 g/mol. The molecule has 1 aliphatic heterocycles. The molecule has 0 aromatic carbocycles. The van der Waals surface area contributed by atoms with Crippen LogP contribution in [0.15, 0.2) is 35.8 Å². The lowest BCUT2D eigenvalue weighted by molar-refractivity contribution is -0.160. The molecule has 30 heavy (non-hydrogen) atoms. The minimum atomic E-state index is -4.22. The Morgan fingerprint density at radius 3 is 2.57 bits per heavy atom. The second-order valence-electron chi connectivity index (χ2n) is 7.58. The smallest absolute Gasteiger partial charge is 0.395 e. The van der Waals surface area contributed by atoms with Crippen LogP contribution in [0.2, 0.25) is 0 Å². The molecule has 1 saturated heterocycles. The van der Waals surface area contributed by atoms with Crippen LogP contribution in [0.3, 0.4) is 0 Å². The van der Waals surface area contributed by atoms with Gasteiger partial charge in [-0.05, 0) is 36.4 Å². The summed E-state index contributed by atoms with van der Waals surface area (Å²) in [6.07, 6.45) is 1.96. The van der Waals surface area contributed by atoms with Crippen LogP contribution in [0.5, 0.6) is 0 Å². The predicted molar refractivity (Wildman–Crippen MR) is 111 cm³/mol. The molecular weight excluding hydrogens is 391 g/mol. The summed E-state index contributed by atoms with van der Waals surface area (Å²) in [6.45, 7) is 6.72. The topological polar surface area (TPSA) is 28.6 Å². The van der Waals surface area contributed by atoms with Crippen molar-refractivity contribution >= 4 is 23.2 Å². The van der Waals surface area contributed by atoms with Crippen LogP contribution in [0.25, 0.3) is 17.4 Å². The third-order valence-corrected chi connectivity index (χ3v) is 5.78. The highest BCUT2D eigenvalue weighted by atomic mass is 19.4. The van der Waals surface area contributed by atoms with Crippen molar-refractivity contribution in [2.24, 2.45) is 5.92 Å². The third kappa shape index (κ3) is 4.10. The van der Waals surface area contributed by atoms with Gasteiger partial charge in [-0.25, -0.2) is 4.98 Å². The number of halogens is 3. The van der Waals surface area contributed by atoms with Gasteiger partial charge in [0.25, 0.3) is 0 Å². The number of fused-ring (bicyclic) bond motifs is 1. The first kappa shape index (κ1) is 20.5. The molecule has 4 nitrogen and oxygen atoms in total. The lowest BCUT2D eigenvalue weighted by atomic mass is 9.94. The fourth-order valence-corrected chi connectivity index (χ4v) is 3.91. The van der Waals surface area contributed by atoms with Crippen molar-refractivity contribution in [1.82, 2.24) is 9.88 Å². The lowest BCUT2D eigenvalue weighted by Gasteiger charge is -2.35. The van der Waals surface area contributed by atoms with Crippen LogP contribution in [-0.4, -0.2) is 55.9 Å². The van der Waals surface area contributed by atoms with Crippen molar-refractivity contribution in [3.8, 4) is 0 Å². The van der Waals surface area contributed by atoms with E-state index in [1.165, 1.54) is 12.2 Å². The number of piperazine rings is 1. The van der Waals surface area contributed by atoms with Gasteiger partial charge in [-0.2, -0.15) is 13.2 Å². The van der Waals surface area contributed by atoms with Crippen molar-refractivity contribution in [1.29, 1.82) is 0 Å². The number of rotatable bonds is 4. The molecule has 0 saturated carbocycles. The maximum atomic E-state index is 13.0. The fourth-order valence-electron chi connectivity index (χ4n) is 3.91. The summed E-state index contributed by atoms with van der Waals surface area (Å²) < 4.78 is 44.3. The summed E-state index contributed by atoms with van der Waals surface area (Å²) in [6, 6.07) is 1.89. The molecule has 1 unspecified atom stereocenters. The number of likely N-dealkylation sites (N-methyl/N-ethyl adjacent to an activating group) is 1. The molecule has 0 amide bonds. The monoisotopic (exact) mass is 415 g/mol. The first-order chi connectivity index (χ1) is 14.4. The Morgan fingerprint density at radius 2 is 1.97 bits per heavy atom. The molecule has 158 valence electrons. The van der Waals surface area contributed by atoms with Crippen molar-refractivity contribution in [2.75, 3.05) is 44.7 Å². The maximum Gasteiger partial charge on any atom is 0.395 e. The molecule has 1 atom stereocenters. The van der Waals surface area contributed by atoms with Gasteiger partial charge >= 0.3 is 6.18 Å². The zero-order valence-corrected chi connectivity index (χ0v) is 17.1. The highest BCUT2D eigenvalue weighted by Gasteiger charge is 2.37. The van der Waals surface area contributed by atoms with Crippen molar-refractivity contribution in [2.45, 2.75) is 19.5 Å². The minimum absolute atomic E-state index is 0.0719. The van der Waals surface area contributed by atoms with E-state index in [1.807, 2.05) is 12.1 Å². The number of alkyl halides is 3. The molecule has 2 heterocycles. The quantitative estimate of drug-likeness (QED) is 0.707. The van der Waals surface area contributed by atoms with E-state index in [-0.39, 0.29) is 6.42 Å². The second kappa shape index (κ2) is 8.19. The molecule has 1 fully saturated rings. The normalized spacial score (nSPS) is 21.4. The molecule has 2 aliphatic carbocycles. The van der Waals surface area contributed by atoms with Crippen LogP contribution >= 0.6 is 0 Å². The largest absolute Gasteiger partial charge is 0.489 e. The van der Waals surface area contributed by atoms with Crippen LogP contribution in [-0.2, 0) is 4.74 Å². The molecule has 0 spiro atoms. The number of pyridine rings is 1. The van der Waals surface area contributed by atoms with E-state index < -0.39 is 12.1 Å². The Balaban J connectivity index is 1.75. The third-order valence-electron chi connectivity index (χ3n) is 5.78. The van der Waals surface area contributed by atoms with Gasteiger partial charge in [0, 0.05) is 31.4 Å². The Hall–Kier alpha value is -2.72. The van der Waals surface area contributed by atoms with E-state index in [0.29, 0.717) is 17.0 Å². The van der Waals surface area contributed by atoms with E-state index in [9.17, 15) is 13.2 Å². The number of aromatic nitrogens is 1. The van der Waals surface area contributed by atoms with Gasteiger partial charge in [-0.1, -0.05) is 30.9 Å². The minimum Gasteiger partial charge on any atom is -0.489 e. The number of anilines is 1. The van der Waals surface area contributed by atoms with E-state index in [2.05, 4.69) is 28.2 Å². The molecule has 3 aliphatic rings. The van der Waals surface area contributed by atoms with Crippen LogP contribution < -0.4 is 15.3 Å². The van der Waals surface area contributed by atoms with E-state index in [1.54, 1.807) is 13.2 Å². The number of methoxy groups -OCH3 is 1. The van der Waals surface area contributed by atoms with Gasteiger partial charge in [0.05, 0.1) is 23.9 Å². The molecule has 7 heteroatoms. The molecule has 1 aromatic heterocycles. The summed E-state index contributed by atoms with van der Waals surface area (Å²) in [5.74, 6) is -0.0811. The predicted octanol–water partition coefficient (Wildman–Crippen LogP) is 2.60. The Morgan fingerprint density at radius 1 is 1.20 bits per heavy atom. The summed E-state index contributed by atoms with van der Waals surface area (Å²) in [5.41, 5.74) is 7.54. The summed E-state index contributed by atoms with van der Waals surface area (Å²) in [4.78, 5) is 9.46. The van der Waals surface area contributed by atoms with Gasteiger partial charge in [-0.3, -0.25) is 0 Å². The highest BCUT2D eigenvalue weighted by molar-refractivity contribution is 5.74. The molecule has 0 bridgehead atoms. The average Bonchev–Trinajstić information content (AvgIpc) is 2.77. The molecular formula is C23H24F3N3O. The number of hydrogen-bond donors (Lipinski definition) is 0. The zero-order chi connectivity index (χ0) is 21.3. The highest BCUT2D eigenvalue weighted by Crippen LogP contribution is 2.34.